The minimum Gasteiger partial charge on any atom is -0.354 e. The van der Waals surface area contributed by atoms with Gasteiger partial charge >= 0.3 is 0 Å². The summed E-state index contributed by atoms with van der Waals surface area (Å²) < 4.78 is 4.65. The van der Waals surface area contributed by atoms with Crippen molar-refractivity contribution in [2.24, 2.45) is 0 Å². The minimum atomic E-state index is -0.0225. The van der Waals surface area contributed by atoms with Crippen molar-refractivity contribution in [1.82, 2.24) is 24.9 Å². The van der Waals surface area contributed by atoms with Crippen molar-refractivity contribution < 1.29 is 4.79 Å². The fourth-order valence-corrected chi connectivity index (χ4v) is 2.96. The number of halogens is 1. The van der Waals surface area contributed by atoms with E-state index in [1.165, 1.54) is 10.9 Å². The summed E-state index contributed by atoms with van der Waals surface area (Å²) in [5.74, 6) is -0.0225. The van der Waals surface area contributed by atoms with Gasteiger partial charge in [-0.1, -0.05) is 12.1 Å². The lowest BCUT2D eigenvalue weighted by molar-refractivity contribution is -0.121. The summed E-state index contributed by atoms with van der Waals surface area (Å²) in [5.41, 5.74) is 2.37. The number of fused-ring (bicyclic) bond motifs is 1. The van der Waals surface area contributed by atoms with Crippen molar-refractivity contribution in [3.8, 4) is 0 Å². The Balaban J connectivity index is 1.47. The molecule has 2 heterocycles. The van der Waals surface area contributed by atoms with Gasteiger partial charge in [-0.05, 0) is 47.6 Å². The largest absolute Gasteiger partial charge is 0.354 e. The molecule has 1 amide bonds. The Bertz CT molecular complexity index is 823. The van der Waals surface area contributed by atoms with Crippen LogP contribution < -0.4 is 5.32 Å². The molecule has 0 unspecified atom stereocenters. The number of carbonyl (C=O) groups excluding carboxylic acids is 1. The van der Waals surface area contributed by atoms with Crippen molar-refractivity contribution in [1.29, 1.82) is 0 Å². The molecule has 0 radical (unpaired) electrons. The summed E-state index contributed by atoms with van der Waals surface area (Å²) in [4.78, 5) is 11.8. The van der Waals surface area contributed by atoms with Gasteiger partial charge in [0, 0.05) is 24.7 Å². The van der Waals surface area contributed by atoms with Gasteiger partial charge in [0.2, 0.25) is 5.91 Å². The van der Waals surface area contributed by atoms with E-state index < -0.39 is 0 Å². The van der Waals surface area contributed by atoms with E-state index in [1.54, 1.807) is 10.9 Å². The summed E-state index contributed by atoms with van der Waals surface area (Å²) in [6.07, 6.45) is 6.33. The topological polar surface area (TPSA) is 64.7 Å². The van der Waals surface area contributed by atoms with E-state index in [4.69, 9.17) is 0 Å². The van der Waals surface area contributed by atoms with Crippen LogP contribution in [0.4, 0.5) is 0 Å². The molecule has 0 aliphatic heterocycles. The number of benzene rings is 1. The molecule has 0 spiro atoms. The predicted molar refractivity (Wildman–Crippen MR) is 97.0 cm³/mol. The number of carbonyl (C=O) groups is 1. The zero-order valence-electron chi connectivity index (χ0n) is 12.9. The van der Waals surface area contributed by atoms with E-state index in [0.717, 1.165) is 22.1 Å². The van der Waals surface area contributed by atoms with Crippen LogP contribution >= 0.6 is 22.6 Å². The van der Waals surface area contributed by atoms with Crippen molar-refractivity contribution in [2.75, 3.05) is 6.54 Å². The lowest BCUT2D eigenvalue weighted by Gasteiger charge is -2.07. The Kier molecular flexibility index (Phi) is 4.94. The lowest BCUT2D eigenvalue weighted by Crippen LogP contribution is -2.29. The van der Waals surface area contributed by atoms with E-state index >= 15 is 0 Å². The van der Waals surface area contributed by atoms with Crippen LogP contribution in [0.25, 0.3) is 10.9 Å². The molecule has 7 heteroatoms. The highest BCUT2D eigenvalue weighted by atomic mass is 127. The third kappa shape index (κ3) is 3.90. The first kappa shape index (κ1) is 16.0. The standard InChI is InChI=1S/C16H18IN5O/c1-12-4-2-5-15-14(12)9-20-22(15)7-3-6-18-16(23)11-21-10-13(17)8-19-21/h2,4-5,8-10H,3,6-7,11H2,1H3,(H,18,23). The third-order valence-corrected chi connectivity index (χ3v) is 4.24. The Morgan fingerprint density at radius 3 is 2.96 bits per heavy atom. The van der Waals surface area contributed by atoms with Gasteiger partial charge in [0.1, 0.15) is 6.54 Å². The second-order valence-corrected chi connectivity index (χ2v) is 6.68. The maximum absolute atomic E-state index is 11.8. The number of aromatic nitrogens is 4. The van der Waals surface area contributed by atoms with Crippen LogP contribution in [-0.4, -0.2) is 32.0 Å². The second-order valence-electron chi connectivity index (χ2n) is 5.44. The highest BCUT2D eigenvalue weighted by molar-refractivity contribution is 14.1. The molecule has 1 N–H and O–H groups in total. The van der Waals surface area contributed by atoms with Crippen LogP contribution in [0.1, 0.15) is 12.0 Å². The minimum absolute atomic E-state index is 0.0225. The van der Waals surface area contributed by atoms with Gasteiger partial charge in [-0.3, -0.25) is 14.2 Å². The van der Waals surface area contributed by atoms with Gasteiger partial charge in [-0.2, -0.15) is 10.2 Å². The summed E-state index contributed by atoms with van der Waals surface area (Å²) in [5, 5.41) is 12.6. The number of nitrogens with zero attached hydrogens (tertiary/aromatic N) is 4. The Morgan fingerprint density at radius 2 is 2.17 bits per heavy atom. The number of nitrogens with one attached hydrogen (secondary N) is 1. The maximum Gasteiger partial charge on any atom is 0.241 e. The van der Waals surface area contributed by atoms with Crippen LogP contribution in [0, 0.1) is 10.5 Å². The van der Waals surface area contributed by atoms with Gasteiger partial charge < -0.3 is 5.32 Å². The Morgan fingerprint density at radius 1 is 1.30 bits per heavy atom. The van der Waals surface area contributed by atoms with Crippen molar-refractivity contribution in [2.45, 2.75) is 26.4 Å². The zero-order chi connectivity index (χ0) is 16.2. The van der Waals surface area contributed by atoms with Gasteiger partial charge in [-0.25, -0.2) is 0 Å². The molecule has 0 saturated heterocycles. The summed E-state index contributed by atoms with van der Waals surface area (Å²) in [6, 6.07) is 6.21. The number of hydrogen-bond acceptors (Lipinski definition) is 3. The average molecular weight is 423 g/mol. The molecule has 2 aromatic heterocycles. The molecule has 0 atom stereocenters. The molecule has 0 bridgehead atoms. The molecule has 0 aliphatic rings. The normalized spacial score (nSPS) is 11.0. The molecule has 1 aromatic carbocycles. The van der Waals surface area contributed by atoms with Crippen LogP contribution in [0.15, 0.2) is 36.8 Å². The van der Waals surface area contributed by atoms with Gasteiger partial charge in [0.25, 0.3) is 0 Å². The molecule has 3 rings (SSSR count). The van der Waals surface area contributed by atoms with E-state index in [0.29, 0.717) is 6.54 Å². The summed E-state index contributed by atoms with van der Waals surface area (Å²) in [6.45, 7) is 3.76. The van der Waals surface area contributed by atoms with E-state index in [9.17, 15) is 4.79 Å². The predicted octanol–water partition coefficient (Wildman–Crippen LogP) is 2.35. The first-order valence-corrected chi connectivity index (χ1v) is 8.57. The van der Waals surface area contributed by atoms with Gasteiger partial charge in [0.15, 0.2) is 0 Å². The maximum atomic E-state index is 11.8. The third-order valence-electron chi connectivity index (χ3n) is 3.68. The van der Waals surface area contributed by atoms with E-state index in [-0.39, 0.29) is 12.5 Å². The Hall–Kier alpha value is -1.90. The summed E-state index contributed by atoms with van der Waals surface area (Å²) in [7, 11) is 0. The smallest absolute Gasteiger partial charge is 0.241 e. The molecule has 3 aromatic rings. The Labute approximate surface area is 148 Å². The number of aryl methyl sites for hydroxylation is 2. The highest BCUT2D eigenvalue weighted by Crippen LogP contribution is 2.17. The number of amides is 1. The second kappa shape index (κ2) is 7.12. The molecule has 6 nitrogen and oxygen atoms in total. The van der Waals surface area contributed by atoms with Gasteiger partial charge in [-0.15, -0.1) is 0 Å². The van der Waals surface area contributed by atoms with Crippen molar-refractivity contribution >= 4 is 39.4 Å². The lowest BCUT2D eigenvalue weighted by atomic mass is 10.1. The molecular formula is C16H18IN5O. The fourth-order valence-electron chi connectivity index (χ4n) is 2.51. The van der Waals surface area contributed by atoms with E-state index in [1.807, 2.05) is 23.1 Å². The monoisotopic (exact) mass is 423 g/mol. The number of rotatable bonds is 6. The molecule has 23 heavy (non-hydrogen) atoms. The highest BCUT2D eigenvalue weighted by Gasteiger charge is 2.06. The SMILES string of the molecule is Cc1cccc2c1cnn2CCCNC(=O)Cn1cc(I)cn1. The van der Waals surface area contributed by atoms with Crippen molar-refractivity contribution in [3.63, 3.8) is 0 Å². The molecule has 0 saturated carbocycles. The fraction of sp³-hybridized carbons (Fsp3) is 0.312. The van der Waals surface area contributed by atoms with E-state index in [2.05, 4.69) is 57.2 Å². The van der Waals surface area contributed by atoms with Crippen LogP contribution in [0.3, 0.4) is 0 Å². The molecule has 0 aliphatic carbocycles. The summed E-state index contributed by atoms with van der Waals surface area (Å²) >= 11 is 2.17. The zero-order valence-corrected chi connectivity index (χ0v) is 15.0. The average Bonchev–Trinajstić information content (AvgIpc) is 3.11. The van der Waals surface area contributed by atoms with Gasteiger partial charge in [0.05, 0.1) is 21.5 Å². The first-order chi connectivity index (χ1) is 11.1. The van der Waals surface area contributed by atoms with Crippen LogP contribution in [-0.2, 0) is 17.9 Å². The molecular weight excluding hydrogens is 405 g/mol. The quantitative estimate of drug-likeness (QED) is 0.489. The number of hydrogen-bond donors (Lipinski definition) is 1. The van der Waals surface area contributed by atoms with Crippen LogP contribution in [0.2, 0.25) is 0 Å². The molecule has 0 fully saturated rings. The van der Waals surface area contributed by atoms with Crippen LogP contribution in [0.5, 0.6) is 0 Å². The van der Waals surface area contributed by atoms with Crippen molar-refractivity contribution in [3.05, 3.63) is 45.9 Å². The molecule has 120 valence electrons. The first-order valence-electron chi connectivity index (χ1n) is 7.49.